The number of carbonyl (C=O) groups excluding carboxylic acids is 1. The molecule has 0 aliphatic heterocycles. The summed E-state index contributed by atoms with van der Waals surface area (Å²) in [5, 5.41) is 0.426. The maximum Gasteiger partial charge on any atom is 0.343 e. The van der Waals surface area contributed by atoms with Gasteiger partial charge in [-0.3, -0.25) is 4.79 Å². The molecule has 5 heteroatoms. The molecule has 0 aliphatic rings. The lowest BCUT2D eigenvalue weighted by atomic mass is 10.1. The van der Waals surface area contributed by atoms with E-state index in [-0.39, 0.29) is 5.43 Å². The normalized spacial score (nSPS) is 10.7. The monoisotopic (exact) mass is 420 g/mol. The second kappa shape index (κ2) is 7.21. The molecule has 27 heavy (non-hydrogen) atoms. The fourth-order valence-electron chi connectivity index (χ4n) is 2.74. The van der Waals surface area contributed by atoms with Gasteiger partial charge in [0.2, 0.25) is 0 Å². The summed E-state index contributed by atoms with van der Waals surface area (Å²) in [6.45, 7) is 0. The van der Waals surface area contributed by atoms with Crippen molar-refractivity contribution in [2.45, 2.75) is 0 Å². The minimum absolute atomic E-state index is 0.139. The summed E-state index contributed by atoms with van der Waals surface area (Å²) in [4.78, 5) is 25.0. The number of benzene rings is 3. The highest BCUT2D eigenvalue weighted by Crippen LogP contribution is 2.24. The van der Waals surface area contributed by atoms with Gasteiger partial charge in [0.15, 0.2) is 5.43 Å². The van der Waals surface area contributed by atoms with Crippen molar-refractivity contribution >= 4 is 32.9 Å². The first-order valence-corrected chi connectivity index (χ1v) is 9.00. The lowest BCUT2D eigenvalue weighted by molar-refractivity contribution is 0.0735. The van der Waals surface area contributed by atoms with Crippen LogP contribution < -0.4 is 10.2 Å². The number of esters is 1. The van der Waals surface area contributed by atoms with Crippen molar-refractivity contribution in [3.8, 4) is 16.9 Å². The van der Waals surface area contributed by atoms with Crippen LogP contribution in [0.3, 0.4) is 0 Å². The lowest BCUT2D eigenvalue weighted by Crippen LogP contribution is -2.09. The Morgan fingerprint density at radius 3 is 2.41 bits per heavy atom. The third-order valence-electron chi connectivity index (χ3n) is 4.12. The lowest BCUT2D eigenvalue weighted by Gasteiger charge is -2.06. The van der Waals surface area contributed by atoms with Gasteiger partial charge in [-0.05, 0) is 42.0 Å². The third kappa shape index (κ3) is 3.55. The van der Waals surface area contributed by atoms with Crippen LogP contribution in [-0.2, 0) is 0 Å². The SMILES string of the molecule is O=C(Oc1ccc2c(=O)c(-c3ccc(Br)cc3)coc2c1)c1ccccc1. The van der Waals surface area contributed by atoms with Gasteiger partial charge < -0.3 is 9.15 Å². The fourth-order valence-corrected chi connectivity index (χ4v) is 3.01. The van der Waals surface area contributed by atoms with Crippen molar-refractivity contribution < 1.29 is 13.9 Å². The van der Waals surface area contributed by atoms with E-state index in [0.717, 1.165) is 10.0 Å². The summed E-state index contributed by atoms with van der Waals surface area (Å²) in [7, 11) is 0. The highest BCUT2D eigenvalue weighted by Gasteiger charge is 2.12. The predicted octanol–water partition coefficient (Wildman–Crippen LogP) is 5.44. The molecule has 0 atom stereocenters. The van der Waals surface area contributed by atoms with Gasteiger partial charge in [0.25, 0.3) is 0 Å². The minimum atomic E-state index is -0.469. The van der Waals surface area contributed by atoms with Gasteiger partial charge in [0.05, 0.1) is 16.5 Å². The molecular weight excluding hydrogens is 408 g/mol. The Labute approximate surface area is 163 Å². The molecule has 0 spiro atoms. The van der Waals surface area contributed by atoms with E-state index >= 15 is 0 Å². The van der Waals surface area contributed by atoms with E-state index < -0.39 is 5.97 Å². The van der Waals surface area contributed by atoms with Gasteiger partial charge in [-0.2, -0.15) is 0 Å². The van der Waals surface area contributed by atoms with Gasteiger partial charge in [-0.25, -0.2) is 4.79 Å². The third-order valence-corrected chi connectivity index (χ3v) is 4.65. The molecule has 4 aromatic rings. The Bertz CT molecular complexity index is 1180. The van der Waals surface area contributed by atoms with Crippen LogP contribution in [0.15, 0.2) is 92.7 Å². The summed E-state index contributed by atoms with van der Waals surface area (Å²) >= 11 is 3.38. The molecule has 0 bridgehead atoms. The van der Waals surface area contributed by atoms with Gasteiger partial charge in [-0.15, -0.1) is 0 Å². The van der Waals surface area contributed by atoms with Gasteiger partial charge in [0.1, 0.15) is 17.6 Å². The zero-order chi connectivity index (χ0) is 18.8. The maximum atomic E-state index is 12.8. The molecule has 4 rings (SSSR count). The molecular formula is C22H13BrO4. The zero-order valence-electron chi connectivity index (χ0n) is 14.0. The summed E-state index contributed by atoms with van der Waals surface area (Å²) in [6, 6.07) is 20.9. The molecule has 0 fully saturated rings. The second-order valence-electron chi connectivity index (χ2n) is 5.90. The molecule has 3 aromatic carbocycles. The van der Waals surface area contributed by atoms with Crippen molar-refractivity contribution in [3.63, 3.8) is 0 Å². The summed E-state index contributed by atoms with van der Waals surface area (Å²) in [6.07, 6.45) is 1.43. The van der Waals surface area contributed by atoms with Crippen LogP contribution in [-0.4, -0.2) is 5.97 Å². The molecule has 0 unspecified atom stereocenters. The van der Waals surface area contributed by atoms with Crippen LogP contribution in [0, 0.1) is 0 Å². The summed E-state index contributed by atoms with van der Waals surface area (Å²) in [5.41, 5.74) is 1.92. The van der Waals surface area contributed by atoms with E-state index in [4.69, 9.17) is 9.15 Å². The Kier molecular flexibility index (Phi) is 4.60. The molecule has 4 nitrogen and oxygen atoms in total. The van der Waals surface area contributed by atoms with Crippen molar-refractivity contribution in [1.82, 2.24) is 0 Å². The number of fused-ring (bicyclic) bond motifs is 1. The smallest absolute Gasteiger partial charge is 0.343 e. The predicted molar refractivity (Wildman–Crippen MR) is 107 cm³/mol. The first kappa shape index (κ1) is 17.2. The fraction of sp³-hybridized carbons (Fsp3) is 0. The van der Waals surface area contributed by atoms with E-state index in [0.29, 0.717) is 27.8 Å². The van der Waals surface area contributed by atoms with Crippen LogP contribution in [0.1, 0.15) is 10.4 Å². The first-order chi connectivity index (χ1) is 13.1. The minimum Gasteiger partial charge on any atom is -0.463 e. The number of carbonyl (C=O) groups is 1. The van der Waals surface area contributed by atoms with Crippen molar-refractivity contribution in [2.75, 3.05) is 0 Å². The summed E-state index contributed by atoms with van der Waals surface area (Å²) < 4.78 is 11.9. The van der Waals surface area contributed by atoms with Crippen LogP contribution in [0.2, 0.25) is 0 Å². The molecule has 0 aliphatic carbocycles. The molecule has 0 saturated carbocycles. The van der Waals surface area contributed by atoms with Crippen LogP contribution in [0.25, 0.3) is 22.1 Å². The van der Waals surface area contributed by atoms with E-state index in [9.17, 15) is 9.59 Å². The molecule has 1 heterocycles. The number of rotatable bonds is 3. The summed E-state index contributed by atoms with van der Waals surface area (Å²) in [5.74, 6) is -0.153. The highest BCUT2D eigenvalue weighted by atomic mass is 79.9. The molecule has 132 valence electrons. The quantitative estimate of drug-likeness (QED) is 0.327. The largest absolute Gasteiger partial charge is 0.463 e. The van der Waals surface area contributed by atoms with Crippen LogP contribution in [0.4, 0.5) is 0 Å². The number of halogens is 1. The van der Waals surface area contributed by atoms with Gasteiger partial charge in [0, 0.05) is 10.5 Å². The van der Waals surface area contributed by atoms with Crippen LogP contribution >= 0.6 is 15.9 Å². The second-order valence-corrected chi connectivity index (χ2v) is 6.81. The molecule has 0 amide bonds. The van der Waals surface area contributed by atoms with Crippen molar-refractivity contribution in [2.24, 2.45) is 0 Å². The van der Waals surface area contributed by atoms with Crippen molar-refractivity contribution in [3.05, 3.63) is 99.3 Å². The van der Waals surface area contributed by atoms with Crippen LogP contribution in [0.5, 0.6) is 5.75 Å². The Morgan fingerprint density at radius 1 is 0.926 bits per heavy atom. The molecule has 0 N–H and O–H groups in total. The van der Waals surface area contributed by atoms with E-state index in [2.05, 4.69) is 15.9 Å². The van der Waals surface area contributed by atoms with Crippen molar-refractivity contribution in [1.29, 1.82) is 0 Å². The number of ether oxygens (including phenoxy) is 1. The Morgan fingerprint density at radius 2 is 1.67 bits per heavy atom. The maximum absolute atomic E-state index is 12.8. The highest BCUT2D eigenvalue weighted by molar-refractivity contribution is 9.10. The van der Waals surface area contributed by atoms with Gasteiger partial charge >= 0.3 is 5.97 Å². The topological polar surface area (TPSA) is 56.5 Å². The Hall–Kier alpha value is -3.18. The number of hydrogen-bond acceptors (Lipinski definition) is 4. The van der Waals surface area contributed by atoms with E-state index in [1.54, 1.807) is 42.5 Å². The first-order valence-electron chi connectivity index (χ1n) is 8.20. The standard InChI is InChI=1S/C22H13BrO4/c23-16-8-6-14(7-9-16)19-13-26-20-12-17(10-11-18(20)21(19)24)27-22(25)15-4-2-1-3-5-15/h1-13H. The molecule has 0 radical (unpaired) electrons. The van der Waals surface area contributed by atoms with E-state index in [1.165, 1.54) is 6.26 Å². The average molecular weight is 421 g/mol. The average Bonchev–Trinajstić information content (AvgIpc) is 2.70. The molecule has 0 saturated heterocycles. The zero-order valence-corrected chi connectivity index (χ0v) is 15.6. The molecule has 1 aromatic heterocycles. The van der Waals surface area contributed by atoms with E-state index in [1.807, 2.05) is 30.3 Å². The Balaban J connectivity index is 1.68. The van der Waals surface area contributed by atoms with Gasteiger partial charge in [-0.1, -0.05) is 46.3 Å². The number of hydrogen-bond donors (Lipinski definition) is 0.